The number of nitrogens with one attached hydrogen (secondary N) is 1. The Labute approximate surface area is 180 Å². The highest BCUT2D eigenvalue weighted by atomic mass is 32.2. The smallest absolute Gasteiger partial charge is 0.246 e. The standard InChI is InChI=1S/C21H22N4O5S/c26-19(14-16-4-2-1-3-5-16)22-15-20-23-21(24-30-20)17-6-8-18(9-7-17)31(27,28)25-10-12-29-13-11-25/h1-9H,10-15H2,(H,22,26). The maximum Gasteiger partial charge on any atom is 0.246 e. The highest BCUT2D eigenvalue weighted by molar-refractivity contribution is 7.89. The summed E-state index contributed by atoms with van der Waals surface area (Å²) in [5, 5.41) is 6.66. The number of rotatable bonds is 7. The number of aromatic nitrogens is 2. The SMILES string of the molecule is O=C(Cc1ccccc1)NCc1nc(-c2ccc(S(=O)(=O)N3CCOCC3)cc2)no1. The molecule has 0 bridgehead atoms. The van der Waals surface area contributed by atoms with E-state index in [2.05, 4.69) is 15.5 Å². The van der Waals surface area contributed by atoms with Gasteiger partial charge in [0, 0.05) is 18.7 Å². The molecule has 1 N–H and O–H groups in total. The van der Waals surface area contributed by atoms with Gasteiger partial charge in [-0.2, -0.15) is 9.29 Å². The van der Waals surface area contributed by atoms with E-state index in [9.17, 15) is 13.2 Å². The fraction of sp³-hybridized carbons (Fsp3) is 0.286. The summed E-state index contributed by atoms with van der Waals surface area (Å²) in [6.07, 6.45) is 0.265. The van der Waals surface area contributed by atoms with Crippen LogP contribution in [-0.2, 0) is 32.5 Å². The average Bonchev–Trinajstić information content (AvgIpc) is 3.28. The third kappa shape index (κ3) is 5.16. The maximum atomic E-state index is 12.7. The van der Waals surface area contributed by atoms with Gasteiger partial charge in [0.05, 0.1) is 31.1 Å². The molecule has 0 spiro atoms. The Hall–Kier alpha value is -3.08. The molecular formula is C21H22N4O5S. The second-order valence-corrected chi connectivity index (χ2v) is 8.93. The van der Waals surface area contributed by atoms with Crippen LogP contribution in [0.2, 0.25) is 0 Å². The minimum atomic E-state index is -3.56. The summed E-state index contributed by atoms with van der Waals surface area (Å²) in [6.45, 7) is 1.58. The van der Waals surface area contributed by atoms with Crippen molar-refractivity contribution in [2.24, 2.45) is 0 Å². The largest absolute Gasteiger partial charge is 0.379 e. The van der Waals surface area contributed by atoms with E-state index in [4.69, 9.17) is 9.26 Å². The second kappa shape index (κ2) is 9.38. The minimum absolute atomic E-state index is 0.113. The third-order valence-corrected chi connectivity index (χ3v) is 6.75. The Kier molecular flexibility index (Phi) is 6.40. The number of hydrogen-bond acceptors (Lipinski definition) is 7. The van der Waals surface area contributed by atoms with E-state index >= 15 is 0 Å². The summed E-state index contributed by atoms with van der Waals surface area (Å²) in [5.74, 6) is 0.438. The number of carbonyl (C=O) groups is 1. The van der Waals surface area contributed by atoms with E-state index in [1.165, 1.54) is 16.4 Å². The van der Waals surface area contributed by atoms with E-state index in [-0.39, 0.29) is 29.7 Å². The van der Waals surface area contributed by atoms with Gasteiger partial charge in [0.15, 0.2) is 0 Å². The molecule has 1 aromatic heterocycles. The maximum absolute atomic E-state index is 12.7. The van der Waals surface area contributed by atoms with Crippen molar-refractivity contribution >= 4 is 15.9 Å². The molecule has 1 amide bonds. The number of carbonyl (C=O) groups excluding carboxylic acids is 1. The van der Waals surface area contributed by atoms with Crippen molar-refractivity contribution in [3.8, 4) is 11.4 Å². The van der Waals surface area contributed by atoms with Gasteiger partial charge < -0.3 is 14.6 Å². The number of benzene rings is 2. The fourth-order valence-electron chi connectivity index (χ4n) is 3.17. The lowest BCUT2D eigenvalue weighted by Crippen LogP contribution is -2.40. The van der Waals surface area contributed by atoms with Crippen LogP contribution in [0.25, 0.3) is 11.4 Å². The molecule has 0 aliphatic carbocycles. The lowest BCUT2D eigenvalue weighted by atomic mass is 10.1. The highest BCUT2D eigenvalue weighted by Crippen LogP contribution is 2.22. The Morgan fingerprint density at radius 1 is 1.03 bits per heavy atom. The summed E-state index contributed by atoms with van der Waals surface area (Å²) in [5.41, 5.74) is 1.53. The molecule has 1 fully saturated rings. The zero-order valence-corrected chi connectivity index (χ0v) is 17.5. The molecule has 9 nitrogen and oxygen atoms in total. The number of amides is 1. The van der Waals surface area contributed by atoms with Crippen LogP contribution in [0, 0.1) is 0 Å². The highest BCUT2D eigenvalue weighted by Gasteiger charge is 2.26. The Morgan fingerprint density at radius 2 is 1.74 bits per heavy atom. The predicted molar refractivity (Wildman–Crippen MR) is 111 cm³/mol. The van der Waals surface area contributed by atoms with Crippen LogP contribution in [0.4, 0.5) is 0 Å². The first-order valence-electron chi connectivity index (χ1n) is 9.84. The first kappa shape index (κ1) is 21.2. The zero-order chi connectivity index (χ0) is 21.7. The van der Waals surface area contributed by atoms with Gasteiger partial charge >= 0.3 is 0 Å². The molecule has 10 heteroatoms. The first-order chi connectivity index (χ1) is 15.0. The van der Waals surface area contributed by atoms with Crippen LogP contribution >= 0.6 is 0 Å². The van der Waals surface area contributed by atoms with Gasteiger partial charge in [-0.05, 0) is 29.8 Å². The summed E-state index contributed by atoms with van der Waals surface area (Å²) in [4.78, 5) is 16.5. The lowest BCUT2D eigenvalue weighted by molar-refractivity contribution is -0.120. The molecular weight excluding hydrogens is 420 g/mol. The molecule has 0 saturated carbocycles. The van der Waals surface area contributed by atoms with Crippen molar-refractivity contribution in [1.29, 1.82) is 0 Å². The van der Waals surface area contributed by atoms with Crippen LogP contribution in [-0.4, -0.2) is 55.1 Å². The van der Waals surface area contributed by atoms with Crippen LogP contribution in [0.5, 0.6) is 0 Å². The first-order valence-corrected chi connectivity index (χ1v) is 11.3. The minimum Gasteiger partial charge on any atom is -0.379 e. The van der Waals surface area contributed by atoms with Gasteiger partial charge in [-0.15, -0.1) is 0 Å². The van der Waals surface area contributed by atoms with Crippen LogP contribution in [0.1, 0.15) is 11.5 Å². The van der Waals surface area contributed by atoms with E-state index in [1.807, 2.05) is 30.3 Å². The van der Waals surface area contributed by atoms with Crippen LogP contribution in [0.3, 0.4) is 0 Å². The van der Waals surface area contributed by atoms with Crippen molar-refractivity contribution in [2.45, 2.75) is 17.9 Å². The van der Waals surface area contributed by atoms with E-state index in [1.54, 1.807) is 12.1 Å². The fourth-order valence-corrected chi connectivity index (χ4v) is 4.58. The Bertz CT molecular complexity index is 1120. The molecule has 4 rings (SSSR count). The van der Waals surface area contributed by atoms with Gasteiger partial charge in [0.1, 0.15) is 0 Å². The molecule has 1 saturated heterocycles. The Balaban J connectivity index is 1.37. The molecule has 0 radical (unpaired) electrons. The number of ether oxygens (including phenoxy) is 1. The van der Waals surface area contributed by atoms with Gasteiger partial charge in [0.2, 0.25) is 27.6 Å². The normalized spacial score (nSPS) is 15.0. The molecule has 0 atom stereocenters. The van der Waals surface area contributed by atoms with E-state index in [0.29, 0.717) is 37.7 Å². The van der Waals surface area contributed by atoms with Crippen LogP contribution < -0.4 is 5.32 Å². The van der Waals surface area contributed by atoms with Crippen molar-refractivity contribution in [3.05, 3.63) is 66.1 Å². The summed E-state index contributed by atoms with van der Waals surface area (Å²) < 4.78 is 37.2. The molecule has 162 valence electrons. The monoisotopic (exact) mass is 442 g/mol. The van der Waals surface area contributed by atoms with Gasteiger partial charge in [-0.1, -0.05) is 35.5 Å². The second-order valence-electron chi connectivity index (χ2n) is 6.99. The molecule has 1 aliphatic rings. The number of morpholine rings is 1. The molecule has 2 aromatic carbocycles. The Morgan fingerprint density at radius 3 is 2.45 bits per heavy atom. The topological polar surface area (TPSA) is 115 Å². The number of sulfonamides is 1. The van der Waals surface area contributed by atoms with Gasteiger partial charge in [-0.25, -0.2) is 8.42 Å². The van der Waals surface area contributed by atoms with E-state index < -0.39 is 10.0 Å². The number of nitrogens with zero attached hydrogens (tertiary/aromatic N) is 3. The summed E-state index contributed by atoms with van der Waals surface area (Å²) >= 11 is 0. The third-order valence-electron chi connectivity index (χ3n) is 4.83. The average molecular weight is 442 g/mol. The van der Waals surface area contributed by atoms with Crippen molar-refractivity contribution in [1.82, 2.24) is 19.8 Å². The zero-order valence-electron chi connectivity index (χ0n) is 16.7. The molecule has 3 aromatic rings. The summed E-state index contributed by atoms with van der Waals surface area (Å²) in [7, 11) is -3.56. The molecule has 1 aliphatic heterocycles. The lowest BCUT2D eigenvalue weighted by Gasteiger charge is -2.26. The van der Waals surface area contributed by atoms with Crippen molar-refractivity contribution < 1.29 is 22.5 Å². The van der Waals surface area contributed by atoms with Gasteiger partial charge in [0.25, 0.3) is 0 Å². The van der Waals surface area contributed by atoms with Crippen molar-refractivity contribution in [3.63, 3.8) is 0 Å². The predicted octanol–water partition coefficient (Wildman–Crippen LogP) is 1.62. The quantitative estimate of drug-likeness (QED) is 0.591. The molecule has 0 unspecified atom stereocenters. The molecule has 2 heterocycles. The van der Waals surface area contributed by atoms with Crippen molar-refractivity contribution in [2.75, 3.05) is 26.3 Å². The van der Waals surface area contributed by atoms with Crippen LogP contribution in [0.15, 0.2) is 64.0 Å². The summed E-state index contributed by atoms with van der Waals surface area (Å²) in [6, 6.07) is 15.7. The molecule has 31 heavy (non-hydrogen) atoms. The van der Waals surface area contributed by atoms with E-state index in [0.717, 1.165) is 5.56 Å². The van der Waals surface area contributed by atoms with Gasteiger partial charge in [-0.3, -0.25) is 4.79 Å². The number of hydrogen-bond donors (Lipinski definition) is 1.